The Balaban J connectivity index is 1.49. The first kappa shape index (κ1) is 22.8. The number of rotatable bonds is 8. The first-order valence-corrected chi connectivity index (χ1v) is 11.0. The molecule has 0 aliphatic carbocycles. The lowest BCUT2D eigenvalue weighted by Gasteiger charge is -2.19. The van der Waals surface area contributed by atoms with Crippen molar-refractivity contribution in [1.82, 2.24) is 10.3 Å². The summed E-state index contributed by atoms with van der Waals surface area (Å²) in [7, 11) is 0. The molecule has 1 unspecified atom stereocenters. The zero-order valence-corrected chi connectivity index (χ0v) is 19.0. The van der Waals surface area contributed by atoms with E-state index >= 15 is 0 Å². The van der Waals surface area contributed by atoms with Gasteiger partial charge in [0.1, 0.15) is 17.1 Å². The number of carbonyl (C=O) groups is 2. The monoisotopic (exact) mass is 457 g/mol. The Kier molecular flexibility index (Phi) is 6.77. The van der Waals surface area contributed by atoms with Crippen molar-refractivity contribution in [1.29, 1.82) is 0 Å². The average molecular weight is 458 g/mol. The van der Waals surface area contributed by atoms with Crippen molar-refractivity contribution < 1.29 is 14.3 Å². The molecule has 3 aromatic rings. The van der Waals surface area contributed by atoms with Crippen molar-refractivity contribution in [3.63, 3.8) is 0 Å². The minimum absolute atomic E-state index is 0.000863. The molecular weight excluding hydrogens is 430 g/mol. The van der Waals surface area contributed by atoms with Gasteiger partial charge in [0.25, 0.3) is 5.91 Å². The van der Waals surface area contributed by atoms with E-state index in [1.165, 1.54) is 11.6 Å². The molecule has 8 heteroatoms. The van der Waals surface area contributed by atoms with Gasteiger partial charge in [-0.15, -0.1) is 0 Å². The number of amides is 2. The highest BCUT2D eigenvalue weighted by atomic mass is 16.5. The Labute approximate surface area is 198 Å². The van der Waals surface area contributed by atoms with Crippen molar-refractivity contribution in [2.24, 2.45) is 5.73 Å². The topological polar surface area (TPSA) is 110 Å². The van der Waals surface area contributed by atoms with Gasteiger partial charge >= 0.3 is 0 Å². The number of anilines is 3. The molecule has 1 aliphatic heterocycles. The van der Waals surface area contributed by atoms with Crippen molar-refractivity contribution in [2.45, 2.75) is 19.4 Å². The van der Waals surface area contributed by atoms with Gasteiger partial charge in [-0.25, -0.2) is 0 Å². The van der Waals surface area contributed by atoms with Gasteiger partial charge in [-0.05, 0) is 73.5 Å². The van der Waals surface area contributed by atoms with E-state index in [9.17, 15) is 9.59 Å². The third-order valence-corrected chi connectivity index (χ3v) is 5.53. The number of nitrogens with zero attached hydrogens (tertiary/aromatic N) is 2. The van der Waals surface area contributed by atoms with Crippen LogP contribution in [0.5, 0.6) is 11.6 Å². The fraction of sp³-hybridized carbons (Fsp3) is 0.192. The number of hydrogen-bond acceptors (Lipinski definition) is 6. The van der Waals surface area contributed by atoms with E-state index in [4.69, 9.17) is 10.5 Å². The van der Waals surface area contributed by atoms with Crippen LogP contribution < -0.4 is 26.0 Å². The summed E-state index contributed by atoms with van der Waals surface area (Å²) in [5.41, 5.74) is 8.81. The molecule has 2 heterocycles. The van der Waals surface area contributed by atoms with Crippen LogP contribution in [0.2, 0.25) is 0 Å². The number of primary amides is 1. The highest BCUT2D eigenvalue weighted by Gasteiger charge is 2.25. The van der Waals surface area contributed by atoms with Crippen LogP contribution in [-0.4, -0.2) is 35.9 Å². The maximum absolute atomic E-state index is 12.0. The molecule has 4 rings (SSSR count). The van der Waals surface area contributed by atoms with Crippen LogP contribution in [0, 0.1) is 6.92 Å². The molecular formula is C26H27N5O3. The molecule has 1 atom stereocenters. The second-order valence-electron chi connectivity index (χ2n) is 8.15. The molecule has 2 amide bonds. The van der Waals surface area contributed by atoms with Crippen LogP contribution in [0.3, 0.4) is 0 Å². The summed E-state index contributed by atoms with van der Waals surface area (Å²) in [6.45, 7) is 6.84. The molecule has 1 saturated heterocycles. The lowest BCUT2D eigenvalue weighted by molar-refractivity contribution is -0.117. The number of ether oxygens (including phenoxy) is 1. The summed E-state index contributed by atoms with van der Waals surface area (Å²) in [6.07, 6.45) is 2.04. The molecule has 0 saturated carbocycles. The summed E-state index contributed by atoms with van der Waals surface area (Å²) >= 11 is 0. The molecule has 0 radical (unpaired) electrons. The summed E-state index contributed by atoms with van der Waals surface area (Å²) in [5.74, 6) is 0.494. The summed E-state index contributed by atoms with van der Waals surface area (Å²) < 4.78 is 5.95. The second-order valence-corrected chi connectivity index (χ2v) is 8.15. The van der Waals surface area contributed by atoms with Gasteiger partial charge in [0.15, 0.2) is 0 Å². The van der Waals surface area contributed by atoms with Gasteiger partial charge in [0, 0.05) is 30.5 Å². The minimum Gasteiger partial charge on any atom is -0.438 e. The molecule has 174 valence electrons. The number of aryl methyl sites for hydroxylation is 1. The Morgan fingerprint density at radius 1 is 1.15 bits per heavy atom. The van der Waals surface area contributed by atoms with Crippen molar-refractivity contribution in [2.75, 3.05) is 23.3 Å². The first-order chi connectivity index (χ1) is 16.4. The first-order valence-electron chi connectivity index (χ1n) is 11.0. The van der Waals surface area contributed by atoms with E-state index in [2.05, 4.69) is 28.3 Å². The quantitative estimate of drug-likeness (QED) is 0.443. The van der Waals surface area contributed by atoms with Gasteiger partial charge < -0.3 is 26.0 Å². The predicted octanol–water partition coefficient (Wildman–Crippen LogP) is 3.91. The van der Waals surface area contributed by atoms with Crippen LogP contribution >= 0.6 is 0 Å². The maximum Gasteiger partial charge on any atom is 0.254 e. The molecule has 34 heavy (non-hydrogen) atoms. The zero-order valence-electron chi connectivity index (χ0n) is 19.0. The lowest BCUT2D eigenvalue weighted by atomic mass is 10.2. The smallest absolute Gasteiger partial charge is 0.254 e. The van der Waals surface area contributed by atoms with Gasteiger partial charge in [-0.1, -0.05) is 18.7 Å². The Morgan fingerprint density at radius 2 is 1.94 bits per heavy atom. The van der Waals surface area contributed by atoms with Gasteiger partial charge in [0.05, 0.1) is 0 Å². The van der Waals surface area contributed by atoms with E-state index in [1.54, 1.807) is 24.3 Å². The maximum atomic E-state index is 12.0. The number of nitrogens with two attached hydrogens (primary N) is 1. The minimum atomic E-state index is -0.621. The summed E-state index contributed by atoms with van der Waals surface area (Å²) in [4.78, 5) is 30.1. The van der Waals surface area contributed by atoms with Gasteiger partial charge in [-0.2, -0.15) is 4.98 Å². The molecule has 8 nitrogen and oxygen atoms in total. The molecule has 4 N–H and O–H groups in total. The zero-order chi connectivity index (χ0) is 24.1. The summed E-state index contributed by atoms with van der Waals surface area (Å²) in [6, 6.07) is 18.8. The number of nitrogens with one attached hydrogen (secondary N) is 2. The number of pyridine rings is 1. The number of carbonyl (C=O) groups excluding carboxylic acids is 2. The standard InChI is InChI=1S/C26H27N5O3/c1-3-24(32)29-20-13-14-31(16-20)23-12-11-22(25(27)33)26(30-23)34-21-9-7-18(8-10-21)28-19-6-4-5-17(2)15-19/h3-12,15,20,28H,1,13-14,16H2,2H3,(H2,27,33)(H,29,32). The Hall–Kier alpha value is -4.33. The molecule has 2 aromatic carbocycles. The molecule has 0 bridgehead atoms. The van der Waals surface area contributed by atoms with Gasteiger partial charge in [0.2, 0.25) is 11.8 Å². The van der Waals surface area contributed by atoms with Crippen molar-refractivity contribution in [3.05, 3.63) is 84.4 Å². The van der Waals surface area contributed by atoms with E-state index in [-0.39, 0.29) is 23.4 Å². The molecule has 0 spiro atoms. The van der Waals surface area contributed by atoms with Crippen LogP contribution in [0.25, 0.3) is 0 Å². The van der Waals surface area contributed by atoms with E-state index in [0.29, 0.717) is 24.7 Å². The number of hydrogen-bond donors (Lipinski definition) is 3. The highest BCUT2D eigenvalue weighted by molar-refractivity contribution is 5.95. The van der Waals surface area contributed by atoms with E-state index in [0.717, 1.165) is 17.8 Å². The largest absolute Gasteiger partial charge is 0.438 e. The Morgan fingerprint density at radius 3 is 2.65 bits per heavy atom. The third kappa shape index (κ3) is 5.53. The predicted molar refractivity (Wildman–Crippen MR) is 133 cm³/mol. The third-order valence-electron chi connectivity index (χ3n) is 5.53. The van der Waals surface area contributed by atoms with Crippen LogP contribution in [-0.2, 0) is 4.79 Å². The van der Waals surface area contributed by atoms with Crippen LogP contribution in [0.1, 0.15) is 22.3 Å². The van der Waals surface area contributed by atoms with E-state index < -0.39 is 5.91 Å². The van der Waals surface area contributed by atoms with Gasteiger partial charge in [-0.3, -0.25) is 9.59 Å². The van der Waals surface area contributed by atoms with Crippen molar-refractivity contribution >= 4 is 29.0 Å². The lowest BCUT2D eigenvalue weighted by Crippen LogP contribution is -2.36. The highest BCUT2D eigenvalue weighted by Crippen LogP contribution is 2.29. The summed E-state index contributed by atoms with van der Waals surface area (Å²) in [5, 5.41) is 6.25. The Bertz CT molecular complexity index is 1210. The number of aromatic nitrogens is 1. The van der Waals surface area contributed by atoms with Crippen LogP contribution in [0.15, 0.2) is 73.3 Å². The fourth-order valence-electron chi connectivity index (χ4n) is 3.83. The SMILES string of the molecule is C=CC(=O)NC1CCN(c2ccc(C(N)=O)c(Oc3ccc(Nc4cccc(C)c4)cc3)n2)C1. The van der Waals surface area contributed by atoms with Crippen LogP contribution in [0.4, 0.5) is 17.2 Å². The fourth-order valence-corrected chi connectivity index (χ4v) is 3.83. The van der Waals surface area contributed by atoms with Crippen molar-refractivity contribution in [3.8, 4) is 11.6 Å². The molecule has 1 aliphatic rings. The number of benzene rings is 2. The second kappa shape index (κ2) is 10.1. The average Bonchev–Trinajstić information content (AvgIpc) is 3.28. The normalized spacial score (nSPS) is 15.0. The molecule has 1 aromatic heterocycles. The van der Waals surface area contributed by atoms with E-state index in [1.807, 2.05) is 42.2 Å². The molecule has 1 fully saturated rings.